The van der Waals surface area contributed by atoms with E-state index in [0.29, 0.717) is 5.92 Å². The van der Waals surface area contributed by atoms with Gasteiger partial charge in [-0.3, -0.25) is 0 Å². The summed E-state index contributed by atoms with van der Waals surface area (Å²) in [5.74, 6) is 0.529. The predicted molar refractivity (Wildman–Crippen MR) is 67.2 cm³/mol. The minimum atomic E-state index is 0.0821. The number of rotatable bonds is 4. The molecule has 0 saturated heterocycles. The van der Waals surface area contributed by atoms with E-state index in [-0.39, 0.29) is 6.04 Å². The Morgan fingerprint density at radius 1 is 1.19 bits per heavy atom. The zero-order valence-electron chi connectivity index (χ0n) is 9.94. The van der Waals surface area contributed by atoms with Gasteiger partial charge in [-0.15, -0.1) is 0 Å². The van der Waals surface area contributed by atoms with E-state index in [1.165, 1.54) is 0 Å². The van der Waals surface area contributed by atoms with Crippen molar-refractivity contribution in [2.24, 2.45) is 11.7 Å². The van der Waals surface area contributed by atoms with Gasteiger partial charge in [0.05, 0.1) is 6.26 Å². The van der Waals surface area contributed by atoms with Crippen LogP contribution in [0.15, 0.2) is 34.9 Å². The number of hydrogen-bond donors (Lipinski definition) is 1. The molecule has 2 nitrogen and oxygen atoms in total. The van der Waals surface area contributed by atoms with Crippen molar-refractivity contribution in [3.8, 4) is 0 Å². The molecule has 0 fully saturated rings. The molecule has 1 atom stereocenters. The van der Waals surface area contributed by atoms with Crippen molar-refractivity contribution in [3.05, 3.63) is 36.1 Å². The molecule has 16 heavy (non-hydrogen) atoms. The summed E-state index contributed by atoms with van der Waals surface area (Å²) < 4.78 is 5.53. The summed E-state index contributed by atoms with van der Waals surface area (Å²) in [4.78, 5) is 0. The highest BCUT2D eigenvalue weighted by molar-refractivity contribution is 5.81. The molecule has 0 aliphatic carbocycles. The molecule has 1 aromatic carbocycles. The van der Waals surface area contributed by atoms with Crippen molar-refractivity contribution in [1.82, 2.24) is 0 Å². The van der Waals surface area contributed by atoms with Crippen LogP contribution in [0.2, 0.25) is 0 Å². The first-order valence-electron chi connectivity index (χ1n) is 5.99. The number of furan rings is 1. The van der Waals surface area contributed by atoms with Gasteiger partial charge < -0.3 is 10.2 Å². The Balaban J connectivity index is 2.39. The van der Waals surface area contributed by atoms with E-state index in [1.807, 2.05) is 24.5 Å². The molecule has 0 radical (unpaired) electrons. The molecule has 0 amide bonds. The van der Waals surface area contributed by atoms with E-state index >= 15 is 0 Å². The van der Waals surface area contributed by atoms with Crippen LogP contribution in [0, 0.1) is 5.92 Å². The molecule has 1 aromatic heterocycles. The standard InChI is InChI=1S/C14H19NO/c1-3-10(4-2)14(15)12-9-16-13-8-6-5-7-11(12)13/h5-10,14H,3-4,15H2,1-2H3. The fourth-order valence-electron chi connectivity index (χ4n) is 2.31. The smallest absolute Gasteiger partial charge is 0.134 e. The van der Waals surface area contributed by atoms with Gasteiger partial charge in [-0.1, -0.05) is 44.9 Å². The second-order valence-electron chi connectivity index (χ2n) is 4.29. The summed E-state index contributed by atoms with van der Waals surface area (Å²) in [7, 11) is 0. The van der Waals surface area contributed by atoms with Crippen LogP contribution in [0.1, 0.15) is 38.3 Å². The van der Waals surface area contributed by atoms with Crippen molar-refractivity contribution in [1.29, 1.82) is 0 Å². The normalized spacial score (nSPS) is 13.5. The number of nitrogens with two attached hydrogens (primary N) is 1. The summed E-state index contributed by atoms with van der Waals surface area (Å²) in [5, 5.41) is 1.15. The fourth-order valence-corrected chi connectivity index (χ4v) is 2.31. The Bertz CT molecular complexity index is 456. The minimum Gasteiger partial charge on any atom is -0.464 e. The molecule has 2 N–H and O–H groups in total. The zero-order chi connectivity index (χ0) is 11.5. The molecule has 2 heteroatoms. The summed E-state index contributed by atoms with van der Waals surface area (Å²) in [6, 6.07) is 8.16. The van der Waals surface area contributed by atoms with E-state index in [0.717, 1.165) is 29.4 Å². The van der Waals surface area contributed by atoms with Gasteiger partial charge in [0.15, 0.2) is 0 Å². The number of fused-ring (bicyclic) bond motifs is 1. The highest BCUT2D eigenvalue weighted by Gasteiger charge is 2.19. The second-order valence-corrected chi connectivity index (χ2v) is 4.29. The van der Waals surface area contributed by atoms with Crippen LogP contribution in [0.5, 0.6) is 0 Å². The van der Waals surface area contributed by atoms with Gasteiger partial charge in [0.25, 0.3) is 0 Å². The van der Waals surface area contributed by atoms with Gasteiger partial charge in [-0.05, 0) is 12.0 Å². The third-order valence-electron chi connectivity index (χ3n) is 3.43. The highest BCUT2D eigenvalue weighted by atomic mass is 16.3. The van der Waals surface area contributed by atoms with Crippen molar-refractivity contribution in [3.63, 3.8) is 0 Å². The van der Waals surface area contributed by atoms with E-state index < -0.39 is 0 Å². The lowest BCUT2D eigenvalue weighted by Gasteiger charge is -2.20. The molecular weight excluding hydrogens is 198 g/mol. The van der Waals surface area contributed by atoms with E-state index in [9.17, 15) is 0 Å². The van der Waals surface area contributed by atoms with Crippen LogP contribution in [-0.2, 0) is 0 Å². The Morgan fingerprint density at radius 2 is 1.88 bits per heavy atom. The van der Waals surface area contributed by atoms with Crippen molar-refractivity contribution < 1.29 is 4.42 Å². The number of hydrogen-bond acceptors (Lipinski definition) is 2. The van der Waals surface area contributed by atoms with Crippen LogP contribution in [0.3, 0.4) is 0 Å². The van der Waals surface area contributed by atoms with Crippen LogP contribution in [0.25, 0.3) is 11.0 Å². The molecule has 1 heterocycles. The van der Waals surface area contributed by atoms with Gasteiger partial charge >= 0.3 is 0 Å². The first-order chi connectivity index (χ1) is 7.77. The quantitative estimate of drug-likeness (QED) is 0.844. The monoisotopic (exact) mass is 217 g/mol. The molecule has 1 unspecified atom stereocenters. The maximum absolute atomic E-state index is 6.31. The third-order valence-corrected chi connectivity index (χ3v) is 3.43. The maximum atomic E-state index is 6.31. The molecular formula is C14H19NO. The molecule has 0 spiro atoms. The second kappa shape index (κ2) is 4.71. The van der Waals surface area contributed by atoms with Gasteiger partial charge in [0, 0.05) is 17.0 Å². The van der Waals surface area contributed by atoms with Crippen molar-refractivity contribution in [2.45, 2.75) is 32.7 Å². The highest BCUT2D eigenvalue weighted by Crippen LogP contribution is 2.31. The molecule has 0 saturated carbocycles. The van der Waals surface area contributed by atoms with E-state index in [1.54, 1.807) is 0 Å². The van der Waals surface area contributed by atoms with Crippen molar-refractivity contribution in [2.75, 3.05) is 0 Å². The van der Waals surface area contributed by atoms with Gasteiger partial charge in [-0.2, -0.15) is 0 Å². The molecule has 0 aliphatic heterocycles. The molecule has 2 rings (SSSR count). The Labute approximate surface area is 96.4 Å². The number of para-hydroxylation sites is 1. The Kier molecular flexibility index (Phi) is 3.30. The molecule has 0 aliphatic rings. The van der Waals surface area contributed by atoms with Gasteiger partial charge in [0.2, 0.25) is 0 Å². The van der Waals surface area contributed by atoms with Crippen LogP contribution in [0.4, 0.5) is 0 Å². The summed E-state index contributed by atoms with van der Waals surface area (Å²) in [6.07, 6.45) is 4.03. The summed E-state index contributed by atoms with van der Waals surface area (Å²) in [5.41, 5.74) is 8.38. The first kappa shape index (κ1) is 11.2. The van der Waals surface area contributed by atoms with E-state index in [4.69, 9.17) is 10.2 Å². The zero-order valence-corrected chi connectivity index (χ0v) is 9.94. The van der Waals surface area contributed by atoms with Crippen LogP contribution < -0.4 is 5.73 Å². The largest absolute Gasteiger partial charge is 0.464 e. The summed E-state index contributed by atoms with van der Waals surface area (Å²) in [6.45, 7) is 4.38. The van der Waals surface area contributed by atoms with Crippen LogP contribution >= 0.6 is 0 Å². The Morgan fingerprint density at radius 3 is 2.56 bits per heavy atom. The molecule has 86 valence electrons. The predicted octanol–water partition coefficient (Wildman–Crippen LogP) is 3.87. The third kappa shape index (κ3) is 1.85. The fraction of sp³-hybridized carbons (Fsp3) is 0.429. The molecule has 2 aromatic rings. The minimum absolute atomic E-state index is 0.0821. The average Bonchev–Trinajstić information content (AvgIpc) is 2.74. The van der Waals surface area contributed by atoms with Crippen LogP contribution in [-0.4, -0.2) is 0 Å². The van der Waals surface area contributed by atoms with E-state index in [2.05, 4.69) is 19.9 Å². The maximum Gasteiger partial charge on any atom is 0.134 e. The first-order valence-corrected chi connectivity index (χ1v) is 5.99. The SMILES string of the molecule is CCC(CC)C(N)c1coc2ccccc12. The Hall–Kier alpha value is -1.28. The summed E-state index contributed by atoms with van der Waals surface area (Å²) >= 11 is 0. The molecule has 0 bridgehead atoms. The lowest BCUT2D eigenvalue weighted by Crippen LogP contribution is -2.20. The van der Waals surface area contributed by atoms with Crippen molar-refractivity contribution >= 4 is 11.0 Å². The number of benzene rings is 1. The lowest BCUT2D eigenvalue weighted by atomic mass is 9.89. The topological polar surface area (TPSA) is 39.2 Å². The lowest BCUT2D eigenvalue weighted by molar-refractivity contribution is 0.404. The van der Waals surface area contributed by atoms with Gasteiger partial charge in [-0.25, -0.2) is 0 Å². The van der Waals surface area contributed by atoms with Gasteiger partial charge in [0.1, 0.15) is 5.58 Å². The average molecular weight is 217 g/mol.